The quantitative estimate of drug-likeness (QED) is 0.851. The van der Waals surface area contributed by atoms with Crippen molar-refractivity contribution in [2.45, 2.75) is 58.7 Å². The minimum Gasteiger partial charge on any atom is -0.351 e. The van der Waals surface area contributed by atoms with Crippen molar-refractivity contribution >= 4 is 5.91 Å². The molecule has 3 heterocycles. The maximum absolute atomic E-state index is 12.9. The third-order valence-corrected chi connectivity index (χ3v) is 5.94. The molecule has 1 amide bonds. The van der Waals surface area contributed by atoms with Crippen LogP contribution in [0.3, 0.4) is 0 Å². The maximum atomic E-state index is 12.9. The lowest BCUT2D eigenvalue weighted by Gasteiger charge is -2.37. The fourth-order valence-electron chi connectivity index (χ4n) is 4.36. The van der Waals surface area contributed by atoms with Gasteiger partial charge in [0.25, 0.3) is 0 Å². The number of hydrogen-bond donors (Lipinski definition) is 1. The Morgan fingerprint density at radius 1 is 1.36 bits per heavy atom. The van der Waals surface area contributed by atoms with E-state index in [-0.39, 0.29) is 11.9 Å². The summed E-state index contributed by atoms with van der Waals surface area (Å²) in [6.07, 6.45) is 8.41. The van der Waals surface area contributed by atoms with E-state index in [0.29, 0.717) is 12.0 Å². The molecule has 0 aliphatic carbocycles. The Hall–Kier alpha value is -1.40. The highest BCUT2D eigenvalue weighted by Gasteiger charge is 2.47. The lowest BCUT2D eigenvalue weighted by Crippen LogP contribution is -2.43. The van der Waals surface area contributed by atoms with Crippen LogP contribution in [0.25, 0.3) is 0 Å². The summed E-state index contributed by atoms with van der Waals surface area (Å²) in [5.74, 6) is 0.188. The molecule has 0 aromatic carbocycles. The molecule has 1 unspecified atom stereocenters. The van der Waals surface area contributed by atoms with E-state index in [2.05, 4.69) is 41.1 Å². The smallest absolute Gasteiger partial charge is 0.237 e. The van der Waals surface area contributed by atoms with Gasteiger partial charge in [0.2, 0.25) is 5.91 Å². The molecule has 1 spiro atoms. The summed E-state index contributed by atoms with van der Waals surface area (Å²) in [5.41, 5.74) is 1.42. The van der Waals surface area contributed by atoms with E-state index in [1.807, 2.05) is 17.1 Å². The van der Waals surface area contributed by atoms with Crippen LogP contribution in [0.15, 0.2) is 12.4 Å². The lowest BCUT2D eigenvalue weighted by molar-refractivity contribution is -0.125. The average Bonchev–Trinajstić information content (AvgIpc) is 3.21. The molecule has 140 valence electrons. The Morgan fingerprint density at radius 2 is 2.12 bits per heavy atom. The molecule has 3 rings (SSSR count). The number of aryl methyl sites for hydroxylation is 1. The molecule has 2 aliphatic heterocycles. The van der Waals surface area contributed by atoms with Crippen molar-refractivity contribution in [3.05, 3.63) is 18.0 Å². The zero-order valence-electron chi connectivity index (χ0n) is 16.0. The number of piperidine rings is 1. The molecule has 25 heavy (non-hydrogen) atoms. The molecule has 2 aliphatic rings. The van der Waals surface area contributed by atoms with Gasteiger partial charge < -0.3 is 10.2 Å². The van der Waals surface area contributed by atoms with Gasteiger partial charge in [-0.05, 0) is 64.7 Å². The number of carbonyl (C=O) groups excluding carboxylic acids is 1. The summed E-state index contributed by atoms with van der Waals surface area (Å²) in [6, 6.07) is 0.0320. The molecular formula is C19H33N5O. The first-order valence-electron chi connectivity index (χ1n) is 9.77. The first-order chi connectivity index (χ1) is 12.0. The molecule has 6 heteroatoms. The number of carbonyl (C=O) groups is 1. The van der Waals surface area contributed by atoms with Gasteiger partial charge in [-0.3, -0.25) is 14.4 Å². The van der Waals surface area contributed by atoms with Crippen LogP contribution >= 0.6 is 0 Å². The second-order valence-electron chi connectivity index (χ2n) is 7.92. The molecule has 1 atom stereocenters. The van der Waals surface area contributed by atoms with Crippen molar-refractivity contribution in [1.29, 1.82) is 0 Å². The highest BCUT2D eigenvalue weighted by atomic mass is 16.2. The Kier molecular flexibility index (Phi) is 5.79. The van der Waals surface area contributed by atoms with Gasteiger partial charge in [0, 0.05) is 31.4 Å². The second-order valence-corrected chi connectivity index (χ2v) is 7.92. The Morgan fingerprint density at radius 3 is 2.76 bits per heavy atom. The first-order valence-corrected chi connectivity index (χ1v) is 9.77. The second kappa shape index (κ2) is 7.87. The molecule has 1 N–H and O–H groups in total. The van der Waals surface area contributed by atoms with Gasteiger partial charge in [-0.25, -0.2) is 0 Å². The minimum absolute atomic E-state index is 0.0320. The Balaban J connectivity index is 1.60. The van der Waals surface area contributed by atoms with Crippen LogP contribution < -0.4 is 5.32 Å². The van der Waals surface area contributed by atoms with Gasteiger partial charge in [-0.2, -0.15) is 5.10 Å². The van der Waals surface area contributed by atoms with Crippen molar-refractivity contribution in [3.8, 4) is 0 Å². The Bertz CT molecular complexity index is 576. The summed E-state index contributed by atoms with van der Waals surface area (Å²) < 4.78 is 1.90. The van der Waals surface area contributed by atoms with Crippen LogP contribution in [0.2, 0.25) is 0 Å². The van der Waals surface area contributed by atoms with Crippen LogP contribution in [0.1, 0.15) is 45.1 Å². The van der Waals surface area contributed by atoms with Crippen molar-refractivity contribution in [2.75, 3.05) is 33.2 Å². The topological polar surface area (TPSA) is 53.4 Å². The number of likely N-dealkylation sites (tertiary alicyclic amines) is 2. The zero-order chi connectivity index (χ0) is 17.9. The van der Waals surface area contributed by atoms with E-state index in [0.717, 1.165) is 51.1 Å². The predicted octanol–water partition coefficient (Wildman–Crippen LogP) is 1.72. The van der Waals surface area contributed by atoms with Gasteiger partial charge in [0.15, 0.2) is 0 Å². The zero-order valence-corrected chi connectivity index (χ0v) is 16.0. The van der Waals surface area contributed by atoms with Crippen molar-refractivity contribution < 1.29 is 4.79 Å². The number of nitrogens with one attached hydrogen (secondary N) is 1. The summed E-state index contributed by atoms with van der Waals surface area (Å²) in [4.78, 5) is 17.7. The molecule has 0 bridgehead atoms. The van der Waals surface area contributed by atoms with Crippen molar-refractivity contribution in [3.63, 3.8) is 0 Å². The van der Waals surface area contributed by atoms with Crippen molar-refractivity contribution in [1.82, 2.24) is 24.9 Å². The number of aromatic nitrogens is 2. The summed E-state index contributed by atoms with van der Waals surface area (Å²) in [5, 5.41) is 7.43. The molecule has 1 aromatic rings. The molecule has 2 saturated heterocycles. The molecule has 6 nitrogen and oxygen atoms in total. The van der Waals surface area contributed by atoms with Gasteiger partial charge in [0.05, 0.1) is 12.2 Å². The standard InChI is InChI=1S/C19H33N5O/c1-4-8-23-15-19(6-9-22(3)10-7-19)11-17(23)18(25)20-12-16-13-21-24(5-2)14-16/h13-14,17H,4-12,15H2,1-3H3,(H,20,25). The van der Waals surface area contributed by atoms with Gasteiger partial charge >= 0.3 is 0 Å². The van der Waals surface area contributed by atoms with Crippen LogP contribution in [0.4, 0.5) is 0 Å². The van der Waals surface area contributed by atoms with Crippen LogP contribution in [0, 0.1) is 5.41 Å². The first kappa shape index (κ1) is 18.4. The van der Waals surface area contributed by atoms with Crippen LogP contribution in [-0.2, 0) is 17.9 Å². The fraction of sp³-hybridized carbons (Fsp3) is 0.789. The van der Waals surface area contributed by atoms with E-state index in [1.165, 1.54) is 12.8 Å². The SMILES string of the molecule is CCCN1CC2(CCN(C)CC2)CC1C(=O)NCc1cnn(CC)c1. The minimum atomic E-state index is 0.0320. The van der Waals surface area contributed by atoms with Crippen LogP contribution in [0.5, 0.6) is 0 Å². The van der Waals surface area contributed by atoms with E-state index in [1.54, 1.807) is 0 Å². The normalized spacial score (nSPS) is 24.0. The molecule has 2 fully saturated rings. The highest BCUT2D eigenvalue weighted by molar-refractivity contribution is 5.82. The Labute approximate surface area is 151 Å². The third-order valence-electron chi connectivity index (χ3n) is 5.94. The third kappa shape index (κ3) is 4.23. The molecule has 0 saturated carbocycles. The fourth-order valence-corrected chi connectivity index (χ4v) is 4.36. The lowest BCUT2D eigenvalue weighted by atomic mass is 9.76. The largest absolute Gasteiger partial charge is 0.351 e. The number of amides is 1. The van der Waals surface area contributed by atoms with Gasteiger partial charge in [-0.15, -0.1) is 0 Å². The predicted molar refractivity (Wildman–Crippen MR) is 99.2 cm³/mol. The maximum Gasteiger partial charge on any atom is 0.237 e. The van der Waals surface area contributed by atoms with Gasteiger partial charge in [0.1, 0.15) is 0 Å². The number of rotatable bonds is 6. The summed E-state index contributed by atoms with van der Waals surface area (Å²) in [6.45, 7) is 10.1. The highest BCUT2D eigenvalue weighted by Crippen LogP contribution is 2.43. The van der Waals surface area contributed by atoms with E-state index in [9.17, 15) is 4.79 Å². The summed E-state index contributed by atoms with van der Waals surface area (Å²) in [7, 11) is 2.20. The summed E-state index contributed by atoms with van der Waals surface area (Å²) >= 11 is 0. The average molecular weight is 348 g/mol. The number of nitrogens with zero attached hydrogens (tertiary/aromatic N) is 4. The molecule has 0 radical (unpaired) electrons. The van der Waals surface area contributed by atoms with Crippen molar-refractivity contribution in [2.24, 2.45) is 5.41 Å². The van der Waals surface area contributed by atoms with Gasteiger partial charge in [-0.1, -0.05) is 6.92 Å². The van der Waals surface area contributed by atoms with E-state index >= 15 is 0 Å². The van der Waals surface area contributed by atoms with E-state index in [4.69, 9.17) is 0 Å². The van der Waals surface area contributed by atoms with Crippen LogP contribution in [-0.4, -0.2) is 64.8 Å². The molecular weight excluding hydrogens is 314 g/mol. The van der Waals surface area contributed by atoms with E-state index < -0.39 is 0 Å². The monoisotopic (exact) mass is 347 g/mol. The number of hydrogen-bond acceptors (Lipinski definition) is 4. The molecule has 1 aromatic heterocycles.